The minimum atomic E-state index is -1.37. The quantitative estimate of drug-likeness (QED) is 0.415. The number of thioether (sulfide) groups is 1. The second-order valence-electron chi connectivity index (χ2n) is 6.11. The minimum Gasteiger partial charge on any atom is -0.467 e. The van der Waals surface area contributed by atoms with Crippen LogP contribution in [0.3, 0.4) is 0 Å². The predicted octanol–water partition coefficient (Wildman–Crippen LogP) is 3.81. The van der Waals surface area contributed by atoms with E-state index in [0.29, 0.717) is 15.6 Å². The Balaban J connectivity index is 2.11. The van der Waals surface area contributed by atoms with Crippen LogP contribution in [0.1, 0.15) is 17.0 Å². The van der Waals surface area contributed by atoms with E-state index in [1.54, 1.807) is 24.3 Å². The number of ether oxygens (including phenoxy) is 1. The van der Waals surface area contributed by atoms with E-state index in [4.69, 9.17) is 16.3 Å². The van der Waals surface area contributed by atoms with Crippen molar-refractivity contribution in [1.82, 2.24) is 0 Å². The highest BCUT2D eigenvalue weighted by molar-refractivity contribution is 8.14. The van der Waals surface area contributed by atoms with E-state index in [1.807, 2.05) is 30.3 Å². The summed E-state index contributed by atoms with van der Waals surface area (Å²) in [7, 11) is 1.27. The number of hydrogen-bond acceptors (Lipinski definition) is 6. The molecule has 0 N–H and O–H groups in total. The van der Waals surface area contributed by atoms with Gasteiger partial charge in [0.2, 0.25) is 6.54 Å². The maximum atomic E-state index is 12.8. The van der Waals surface area contributed by atoms with Crippen molar-refractivity contribution in [2.45, 2.75) is 11.5 Å². The van der Waals surface area contributed by atoms with E-state index >= 15 is 0 Å². The molecule has 0 saturated heterocycles. The van der Waals surface area contributed by atoms with Gasteiger partial charge in [-0.05, 0) is 17.7 Å². The van der Waals surface area contributed by atoms with E-state index in [1.165, 1.54) is 18.9 Å². The number of aliphatic imine (C=N–C) groups is 1. The van der Waals surface area contributed by atoms with Crippen molar-refractivity contribution < 1.29 is 14.5 Å². The molecule has 8 heteroatoms. The van der Waals surface area contributed by atoms with Crippen molar-refractivity contribution in [1.29, 1.82) is 0 Å². The number of methoxy groups -OCH3 is 1. The molecule has 140 valence electrons. The number of esters is 1. The highest BCUT2D eigenvalue weighted by Crippen LogP contribution is 2.42. The Hall–Kier alpha value is -2.38. The van der Waals surface area contributed by atoms with Crippen LogP contribution in [0.2, 0.25) is 5.02 Å². The molecule has 2 atom stereocenters. The number of hydrogen-bond donors (Lipinski definition) is 0. The van der Waals surface area contributed by atoms with Gasteiger partial charge in [-0.2, -0.15) is 0 Å². The van der Waals surface area contributed by atoms with Gasteiger partial charge in [0, 0.05) is 21.3 Å². The predicted molar refractivity (Wildman–Crippen MR) is 106 cm³/mol. The summed E-state index contributed by atoms with van der Waals surface area (Å²) in [6.45, 7) is -0.442. The molecule has 0 bridgehead atoms. The lowest BCUT2D eigenvalue weighted by atomic mass is 9.80. The topological polar surface area (TPSA) is 81.8 Å². The van der Waals surface area contributed by atoms with Gasteiger partial charge in [0.05, 0.1) is 18.1 Å². The second kappa shape index (κ2) is 8.10. The van der Waals surface area contributed by atoms with Gasteiger partial charge in [-0.1, -0.05) is 54.1 Å². The molecule has 0 radical (unpaired) electrons. The number of carbonyl (C=O) groups excluding carboxylic acids is 1. The van der Waals surface area contributed by atoms with E-state index in [2.05, 4.69) is 4.99 Å². The van der Waals surface area contributed by atoms with Crippen molar-refractivity contribution in [3.63, 3.8) is 0 Å². The smallest absolute Gasteiger partial charge is 0.335 e. The molecule has 6 nitrogen and oxygen atoms in total. The van der Waals surface area contributed by atoms with Crippen LogP contribution in [0.25, 0.3) is 0 Å². The third kappa shape index (κ3) is 3.99. The van der Waals surface area contributed by atoms with Crippen LogP contribution in [0.5, 0.6) is 0 Å². The minimum absolute atomic E-state index is 0.269. The summed E-state index contributed by atoms with van der Waals surface area (Å²) in [6.07, 6.45) is 0. The highest BCUT2D eigenvalue weighted by Gasteiger charge is 2.53. The Labute approximate surface area is 165 Å². The lowest BCUT2D eigenvalue weighted by Gasteiger charge is -2.29. The molecule has 0 amide bonds. The fourth-order valence-electron chi connectivity index (χ4n) is 3.13. The van der Waals surface area contributed by atoms with Gasteiger partial charge in [-0.15, -0.1) is 11.8 Å². The maximum absolute atomic E-state index is 12.8. The number of nitrogens with zero attached hydrogens (tertiary/aromatic N) is 2. The van der Waals surface area contributed by atoms with Crippen molar-refractivity contribution in [2.75, 3.05) is 19.4 Å². The first-order valence-corrected chi connectivity index (χ1v) is 9.56. The van der Waals surface area contributed by atoms with Gasteiger partial charge in [0.15, 0.2) is 5.54 Å². The standard InChI is InChI=1S/C19H17ClN2O4S/c1-26-18(23)19(12-27-17(21-19)14-5-3-2-4-6-14)16(11-22(24)25)13-7-9-15(20)10-8-13/h2-10,16H,11-12H2,1H3/t16-,19-/m0/s1. The third-order valence-corrected chi connectivity index (χ3v) is 5.91. The van der Waals surface area contributed by atoms with Gasteiger partial charge in [0.1, 0.15) is 0 Å². The van der Waals surface area contributed by atoms with Crippen LogP contribution in [-0.4, -0.2) is 40.9 Å². The van der Waals surface area contributed by atoms with Crippen LogP contribution in [0.15, 0.2) is 59.6 Å². The Morgan fingerprint density at radius 2 is 1.96 bits per heavy atom. The lowest BCUT2D eigenvalue weighted by Crippen LogP contribution is -2.47. The first-order chi connectivity index (χ1) is 13.0. The normalized spacial score (nSPS) is 20.0. The SMILES string of the molecule is COC(=O)[C@@]1([C@@H](C[N+](=O)[O-])c2ccc(Cl)cc2)CSC(c2ccccc2)=N1. The largest absolute Gasteiger partial charge is 0.467 e. The van der Waals surface area contributed by atoms with Gasteiger partial charge >= 0.3 is 5.97 Å². The molecule has 0 spiro atoms. The fourth-order valence-corrected chi connectivity index (χ4v) is 4.53. The van der Waals surface area contributed by atoms with E-state index in [9.17, 15) is 14.9 Å². The molecular formula is C19H17ClN2O4S. The molecule has 1 aliphatic rings. The van der Waals surface area contributed by atoms with Crippen molar-refractivity contribution in [3.8, 4) is 0 Å². The van der Waals surface area contributed by atoms with Crippen LogP contribution in [0.4, 0.5) is 0 Å². The third-order valence-electron chi connectivity index (χ3n) is 4.47. The zero-order valence-corrected chi connectivity index (χ0v) is 16.1. The van der Waals surface area contributed by atoms with E-state index in [0.717, 1.165) is 5.56 Å². The first kappa shape index (κ1) is 19.4. The van der Waals surface area contributed by atoms with Gasteiger partial charge in [-0.25, -0.2) is 4.79 Å². The van der Waals surface area contributed by atoms with Gasteiger partial charge in [0.25, 0.3) is 0 Å². The van der Waals surface area contributed by atoms with E-state index < -0.39 is 28.9 Å². The fraction of sp³-hybridized carbons (Fsp3) is 0.263. The average Bonchev–Trinajstić information content (AvgIpc) is 3.13. The van der Waals surface area contributed by atoms with Crippen LogP contribution < -0.4 is 0 Å². The molecular weight excluding hydrogens is 388 g/mol. The van der Waals surface area contributed by atoms with E-state index in [-0.39, 0.29) is 5.75 Å². The summed E-state index contributed by atoms with van der Waals surface area (Å²) in [4.78, 5) is 28.4. The van der Waals surface area contributed by atoms with Crippen LogP contribution in [0, 0.1) is 10.1 Å². The van der Waals surface area contributed by atoms with Gasteiger partial charge < -0.3 is 4.74 Å². The molecule has 0 fully saturated rings. The van der Waals surface area contributed by atoms with Crippen LogP contribution in [-0.2, 0) is 9.53 Å². The molecule has 0 unspecified atom stereocenters. The summed E-state index contributed by atoms with van der Waals surface area (Å²) >= 11 is 7.35. The first-order valence-electron chi connectivity index (χ1n) is 8.20. The summed E-state index contributed by atoms with van der Waals surface area (Å²) < 4.78 is 5.02. The monoisotopic (exact) mass is 404 g/mol. The Morgan fingerprint density at radius 3 is 2.56 bits per heavy atom. The second-order valence-corrected chi connectivity index (χ2v) is 7.51. The summed E-state index contributed by atoms with van der Waals surface area (Å²) in [5.41, 5.74) is 0.121. The molecule has 3 rings (SSSR count). The maximum Gasteiger partial charge on any atom is 0.335 e. The Bertz CT molecular complexity index is 873. The molecule has 1 aliphatic heterocycles. The molecule has 0 aromatic heterocycles. The zero-order valence-electron chi connectivity index (χ0n) is 14.5. The number of carbonyl (C=O) groups is 1. The lowest BCUT2D eigenvalue weighted by molar-refractivity contribution is -0.484. The Morgan fingerprint density at radius 1 is 1.30 bits per heavy atom. The molecule has 2 aromatic rings. The molecule has 2 aromatic carbocycles. The summed E-state index contributed by atoms with van der Waals surface area (Å²) in [6, 6.07) is 16.1. The molecule has 0 aliphatic carbocycles. The molecule has 1 heterocycles. The summed E-state index contributed by atoms with van der Waals surface area (Å²) in [5.74, 6) is -1.08. The number of rotatable bonds is 6. The van der Waals surface area contributed by atoms with Crippen molar-refractivity contribution in [3.05, 3.63) is 80.9 Å². The summed E-state index contributed by atoms with van der Waals surface area (Å²) in [5, 5.41) is 12.6. The van der Waals surface area contributed by atoms with Gasteiger partial charge in [-0.3, -0.25) is 15.1 Å². The average molecular weight is 405 g/mol. The zero-order chi connectivity index (χ0) is 19.4. The highest BCUT2D eigenvalue weighted by atomic mass is 35.5. The van der Waals surface area contributed by atoms with Crippen LogP contribution >= 0.6 is 23.4 Å². The Kier molecular flexibility index (Phi) is 5.82. The number of benzene rings is 2. The number of nitro groups is 1. The van der Waals surface area contributed by atoms with Crippen molar-refractivity contribution in [2.24, 2.45) is 4.99 Å². The van der Waals surface area contributed by atoms with Crippen molar-refractivity contribution >= 4 is 34.4 Å². The molecule has 0 saturated carbocycles. The number of halogens is 1. The molecule has 27 heavy (non-hydrogen) atoms.